The summed E-state index contributed by atoms with van der Waals surface area (Å²) in [6, 6.07) is 7.58. The predicted molar refractivity (Wildman–Crippen MR) is 117 cm³/mol. The first kappa shape index (κ1) is 21.4. The van der Waals surface area contributed by atoms with E-state index in [-0.39, 0.29) is 24.0 Å². The second kappa shape index (κ2) is 9.54. The van der Waals surface area contributed by atoms with E-state index in [1.54, 1.807) is 24.5 Å². The van der Waals surface area contributed by atoms with E-state index in [9.17, 15) is 9.90 Å². The van der Waals surface area contributed by atoms with Gasteiger partial charge in [0.2, 0.25) is 5.91 Å². The fourth-order valence-electron chi connectivity index (χ4n) is 4.44. The van der Waals surface area contributed by atoms with E-state index in [2.05, 4.69) is 4.98 Å². The number of hydrogen-bond acceptors (Lipinski definition) is 4. The van der Waals surface area contributed by atoms with E-state index in [0.717, 1.165) is 49.8 Å². The number of aliphatic hydroxyl groups is 1. The van der Waals surface area contributed by atoms with Crippen LogP contribution in [0, 0.1) is 5.92 Å². The highest BCUT2D eigenvalue weighted by Crippen LogP contribution is 2.36. The summed E-state index contributed by atoms with van der Waals surface area (Å²) in [6.07, 6.45) is 7.90. The fraction of sp³-hybridized carbons (Fsp3) is 0.478. The summed E-state index contributed by atoms with van der Waals surface area (Å²) in [7, 11) is 0. The number of ether oxygens (including phenoxy) is 1. The second-order valence-electron chi connectivity index (χ2n) is 8.20. The van der Waals surface area contributed by atoms with Crippen LogP contribution in [0.15, 0.2) is 36.7 Å². The van der Waals surface area contributed by atoms with Crippen molar-refractivity contribution in [2.24, 2.45) is 5.92 Å². The summed E-state index contributed by atoms with van der Waals surface area (Å²) in [4.78, 5) is 19.1. The number of rotatable bonds is 6. The number of benzene rings is 1. The lowest BCUT2D eigenvalue weighted by Crippen LogP contribution is -2.41. The first-order valence-electron chi connectivity index (χ1n) is 10.5. The topological polar surface area (TPSA) is 62.7 Å². The molecule has 2 aliphatic rings. The Balaban J connectivity index is 1.39. The van der Waals surface area contributed by atoms with Crippen molar-refractivity contribution in [2.75, 3.05) is 6.54 Å². The van der Waals surface area contributed by atoms with Crippen molar-refractivity contribution >= 4 is 29.1 Å². The molecule has 1 amide bonds. The van der Waals surface area contributed by atoms with Crippen molar-refractivity contribution in [2.45, 2.75) is 57.3 Å². The Morgan fingerprint density at radius 1 is 1.13 bits per heavy atom. The Bertz CT molecular complexity index is 862. The molecule has 5 nitrogen and oxygen atoms in total. The van der Waals surface area contributed by atoms with E-state index in [0.29, 0.717) is 28.8 Å². The molecule has 7 heteroatoms. The zero-order valence-corrected chi connectivity index (χ0v) is 18.3. The van der Waals surface area contributed by atoms with Crippen LogP contribution in [-0.4, -0.2) is 39.6 Å². The lowest BCUT2D eigenvalue weighted by atomic mass is 9.92. The molecule has 1 saturated heterocycles. The Hall–Kier alpha value is -1.82. The molecule has 4 rings (SSSR count). The summed E-state index contributed by atoms with van der Waals surface area (Å²) in [5.41, 5.74) is 1.76. The van der Waals surface area contributed by atoms with Crippen LogP contribution < -0.4 is 4.74 Å². The molecule has 1 N–H and O–H groups in total. The van der Waals surface area contributed by atoms with Gasteiger partial charge in [-0.3, -0.25) is 9.78 Å². The third kappa shape index (κ3) is 4.90. The Kier molecular flexibility index (Phi) is 6.81. The molecule has 1 unspecified atom stereocenters. The molecule has 1 aliphatic carbocycles. The molecule has 0 bridgehead atoms. The van der Waals surface area contributed by atoms with Gasteiger partial charge in [0.1, 0.15) is 12.4 Å². The highest BCUT2D eigenvalue weighted by Gasteiger charge is 2.37. The lowest BCUT2D eigenvalue weighted by Gasteiger charge is -2.33. The third-order valence-corrected chi connectivity index (χ3v) is 6.83. The first-order chi connectivity index (χ1) is 14.5. The number of amides is 1. The highest BCUT2D eigenvalue weighted by molar-refractivity contribution is 6.36. The van der Waals surface area contributed by atoms with Crippen molar-refractivity contribution in [3.05, 3.63) is 57.8 Å². The summed E-state index contributed by atoms with van der Waals surface area (Å²) < 4.78 is 5.80. The molecule has 2 fully saturated rings. The minimum absolute atomic E-state index is 0.103. The van der Waals surface area contributed by atoms with Crippen molar-refractivity contribution < 1.29 is 14.6 Å². The number of pyridine rings is 1. The largest absolute Gasteiger partial charge is 0.489 e. The van der Waals surface area contributed by atoms with Gasteiger partial charge in [0.15, 0.2) is 0 Å². The van der Waals surface area contributed by atoms with Crippen molar-refractivity contribution in [3.8, 4) is 5.75 Å². The molecule has 1 aromatic carbocycles. The van der Waals surface area contributed by atoms with Gasteiger partial charge in [0.25, 0.3) is 0 Å². The van der Waals surface area contributed by atoms with Gasteiger partial charge in [-0.05, 0) is 62.3 Å². The van der Waals surface area contributed by atoms with E-state index in [4.69, 9.17) is 27.9 Å². The zero-order valence-electron chi connectivity index (χ0n) is 16.8. The molecule has 1 atom stereocenters. The van der Waals surface area contributed by atoms with Crippen LogP contribution in [-0.2, 0) is 17.8 Å². The monoisotopic (exact) mass is 448 g/mol. The first-order valence-corrected chi connectivity index (χ1v) is 11.2. The van der Waals surface area contributed by atoms with Gasteiger partial charge in [-0.15, -0.1) is 0 Å². The van der Waals surface area contributed by atoms with Crippen LogP contribution in [0.25, 0.3) is 0 Å². The van der Waals surface area contributed by atoms with Gasteiger partial charge in [0.05, 0.1) is 6.10 Å². The molecule has 1 aliphatic heterocycles. The van der Waals surface area contributed by atoms with E-state index >= 15 is 0 Å². The average molecular weight is 449 g/mol. The van der Waals surface area contributed by atoms with Crippen LogP contribution in [0.5, 0.6) is 5.75 Å². The third-order valence-electron chi connectivity index (χ3n) is 6.15. The summed E-state index contributed by atoms with van der Waals surface area (Å²) >= 11 is 13.0. The molecule has 1 saturated carbocycles. The van der Waals surface area contributed by atoms with Crippen LogP contribution in [0.2, 0.25) is 10.0 Å². The molecular weight excluding hydrogens is 423 g/mol. The summed E-state index contributed by atoms with van der Waals surface area (Å²) in [6.45, 7) is 1.15. The maximum absolute atomic E-state index is 13.0. The average Bonchev–Trinajstić information content (AvgIpc) is 3.11. The van der Waals surface area contributed by atoms with Crippen molar-refractivity contribution in [3.63, 3.8) is 0 Å². The zero-order chi connectivity index (χ0) is 21.1. The van der Waals surface area contributed by atoms with Crippen LogP contribution in [0.1, 0.15) is 43.2 Å². The smallest absolute Gasteiger partial charge is 0.226 e. The molecule has 0 radical (unpaired) electrons. The van der Waals surface area contributed by atoms with Gasteiger partial charge >= 0.3 is 0 Å². The van der Waals surface area contributed by atoms with Crippen molar-refractivity contribution in [1.82, 2.24) is 9.88 Å². The van der Waals surface area contributed by atoms with Gasteiger partial charge in [0, 0.05) is 46.5 Å². The maximum atomic E-state index is 13.0. The number of likely N-dealkylation sites (tertiary alicyclic amines) is 1. The van der Waals surface area contributed by atoms with Gasteiger partial charge in [-0.25, -0.2) is 0 Å². The molecular formula is C23H26Cl2N2O3. The van der Waals surface area contributed by atoms with E-state index in [1.807, 2.05) is 17.0 Å². The molecule has 2 heterocycles. The van der Waals surface area contributed by atoms with Gasteiger partial charge in [-0.1, -0.05) is 29.3 Å². The fourth-order valence-corrected chi connectivity index (χ4v) is 5.06. The van der Waals surface area contributed by atoms with E-state index in [1.165, 1.54) is 0 Å². The minimum Gasteiger partial charge on any atom is -0.489 e. The number of hydrogen-bond donors (Lipinski definition) is 1. The standard InChI is InChI=1S/C23H26Cl2N2O3/c24-21-11-19(30-14-15-2-1-8-26-13-15)12-22(25)20(21)10-16-7-9-27(23(16)29)17-3-5-18(28)6-4-17/h1-2,8,11-13,16-18,28H,3-7,9-10,14H2/t16?,17-,18+. The summed E-state index contributed by atoms with van der Waals surface area (Å²) in [5.74, 6) is 0.673. The quantitative estimate of drug-likeness (QED) is 0.697. The number of aromatic nitrogens is 1. The molecule has 1 aromatic heterocycles. The van der Waals surface area contributed by atoms with Crippen LogP contribution >= 0.6 is 23.2 Å². The maximum Gasteiger partial charge on any atom is 0.226 e. The van der Waals surface area contributed by atoms with Gasteiger partial charge in [-0.2, -0.15) is 0 Å². The molecule has 160 valence electrons. The van der Waals surface area contributed by atoms with Crippen LogP contribution in [0.4, 0.5) is 0 Å². The number of halogens is 2. The Labute approximate surface area is 187 Å². The SMILES string of the molecule is O=C1C(Cc2c(Cl)cc(OCc3cccnc3)cc2Cl)CCN1[C@H]1CC[C@@H](O)CC1. The normalized spacial score (nSPS) is 24.3. The number of aliphatic hydroxyl groups excluding tert-OH is 1. The van der Waals surface area contributed by atoms with Crippen LogP contribution in [0.3, 0.4) is 0 Å². The predicted octanol–water partition coefficient (Wildman–Crippen LogP) is 4.66. The van der Waals surface area contributed by atoms with E-state index < -0.39 is 0 Å². The lowest BCUT2D eigenvalue weighted by molar-refractivity contribution is -0.133. The summed E-state index contributed by atoms with van der Waals surface area (Å²) in [5, 5.41) is 10.8. The molecule has 0 spiro atoms. The number of carbonyl (C=O) groups is 1. The number of carbonyl (C=O) groups excluding carboxylic acids is 1. The minimum atomic E-state index is -0.216. The second-order valence-corrected chi connectivity index (χ2v) is 9.01. The Morgan fingerprint density at radius 3 is 2.53 bits per heavy atom. The Morgan fingerprint density at radius 2 is 1.87 bits per heavy atom. The highest BCUT2D eigenvalue weighted by atomic mass is 35.5. The van der Waals surface area contributed by atoms with Crippen molar-refractivity contribution in [1.29, 1.82) is 0 Å². The number of nitrogens with zero attached hydrogens (tertiary/aromatic N) is 2. The van der Waals surface area contributed by atoms with Gasteiger partial charge < -0.3 is 14.7 Å². The molecule has 30 heavy (non-hydrogen) atoms. The molecule has 2 aromatic rings.